The molecule has 0 radical (unpaired) electrons. The molecule has 2 saturated heterocycles. The van der Waals surface area contributed by atoms with Gasteiger partial charge in [-0.1, -0.05) is 18.2 Å². The molecule has 0 aliphatic carbocycles. The highest BCUT2D eigenvalue weighted by Crippen LogP contribution is 2.31. The first-order chi connectivity index (χ1) is 9.30. The summed E-state index contributed by atoms with van der Waals surface area (Å²) in [6.07, 6.45) is 0. The third-order valence-corrected chi connectivity index (χ3v) is 7.60. The molecule has 2 atom stereocenters. The first-order valence-electron chi connectivity index (χ1n) is 5.90. The molecular formula is C11H12N2O4S3. The minimum absolute atomic E-state index is 0.0227. The molecule has 108 valence electrons. The maximum atomic E-state index is 12.0. The van der Waals surface area contributed by atoms with Gasteiger partial charge in [-0.25, -0.2) is 16.8 Å². The molecule has 9 heteroatoms. The van der Waals surface area contributed by atoms with Crippen LogP contribution in [0.1, 0.15) is 0 Å². The average Bonchev–Trinajstić information content (AvgIpc) is 2.66. The van der Waals surface area contributed by atoms with Gasteiger partial charge in [0.25, 0.3) is 0 Å². The quantitative estimate of drug-likeness (QED) is 0.722. The lowest BCUT2D eigenvalue weighted by Gasteiger charge is -2.38. The molecule has 1 aromatic rings. The highest BCUT2D eigenvalue weighted by atomic mass is 32.2. The fourth-order valence-electron chi connectivity index (χ4n) is 2.63. The van der Waals surface area contributed by atoms with E-state index >= 15 is 0 Å². The molecule has 1 aromatic carbocycles. The lowest BCUT2D eigenvalue weighted by Crippen LogP contribution is -2.62. The van der Waals surface area contributed by atoms with E-state index < -0.39 is 31.2 Å². The standard InChI is InChI=1S/C11H12N2O4S3/c14-19(15)6-9-10(7-19)20(16,17)12-11(18)13(9)8-4-2-1-3-5-8/h1-5,9-10H,6-7H2,(H,12,18)/t9-,10-/m0/s1. The number of hydrogen-bond donors (Lipinski definition) is 1. The zero-order chi connectivity index (χ0) is 14.5. The minimum atomic E-state index is -3.73. The number of hydrogen-bond acceptors (Lipinski definition) is 5. The van der Waals surface area contributed by atoms with Crippen LogP contribution in [0.4, 0.5) is 5.69 Å². The van der Waals surface area contributed by atoms with Crippen LogP contribution >= 0.6 is 12.2 Å². The molecule has 0 spiro atoms. The van der Waals surface area contributed by atoms with Gasteiger partial charge in [-0.05, 0) is 24.4 Å². The molecule has 2 aliphatic heterocycles. The first kappa shape index (κ1) is 13.8. The molecule has 2 heterocycles. The number of thiocarbonyl (C=S) groups is 1. The number of sulfone groups is 1. The van der Waals surface area contributed by atoms with Crippen molar-refractivity contribution in [3.8, 4) is 0 Å². The Kier molecular flexibility index (Phi) is 3.03. The zero-order valence-electron chi connectivity index (χ0n) is 10.3. The Balaban J connectivity index is 2.10. The van der Waals surface area contributed by atoms with Gasteiger partial charge in [0.2, 0.25) is 10.0 Å². The number of nitrogens with zero attached hydrogens (tertiary/aromatic N) is 1. The molecule has 0 saturated carbocycles. The number of rotatable bonds is 1. The number of nitrogens with one attached hydrogen (secondary N) is 1. The lowest BCUT2D eigenvalue weighted by molar-refractivity contribution is 0.562. The van der Waals surface area contributed by atoms with Crippen molar-refractivity contribution in [3.05, 3.63) is 30.3 Å². The number of sulfonamides is 1. The monoisotopic (exact) mass is 332 g/mol. The molecule has 1 N–H and O–H groups in total. The van der Waals surface area contributed by atoms with E-state index in [-0.39, 0.29) is 16.6 Å². The van der Waals surface area contributed by atoms with E-state index in [9.17, 15) is 16.8 Å². The predicted octanol–water partition coefficient (Wildman–Crippen LogP) is -0.124. The largest absolute Gasteiger partial charge is 0.313 e. The maximum absolute atomic E-state index is 12.0. The number of para-hydroxylation sites is 1. The van der Waals surface area contributed by atoms with Gasteiger partial charge in [-0.15, -0.1) is 0 Å². The molecule has 2 aliphatic rings. The van der Waals surface area contributed by atoms with E-state index in [2.05, 4.69) is 4.72 Å². The predicted molar refractivity (Wildman–Crippen MR) is 79.8 cm³/mol. The van der Waals surface area contributed by atoms with Crippen molar-refractivity contribution in [1.82, 2.24) is 4.72 Å². The van der Waals surface area contributed by atoms with Gasteiger partial charge >= 0.3 is 0 Å². The van der Waals surface area contributed by atoms with Gasteiger partial charge in [-0.3, -0.25) is 4.72 Å². The molecular weight excluding hydrogens is 320 g/mol. The summed E-state index contributed by atoms with van der Waals surface area (Å²) in [5.74, 6) is -0.563. The third kappa shape index (κ3) is 2.19. The van der Waals surface area contributed by atoms with E-state index in [1.165, 1.54) is 0 Å². The molecule has 0 aromatic heterocycles. The second-order valence-electron chi connectivity index (χ2n) is 4.84. The van der Waals surface area contributed by atoms with Gasteiger partial charge < -0.3 is 4.90 Å². The van der Waals surface area contributed by atoms with Gasteiger partial charge in [0.15, 0.2) is 14.9 Å². The maximum Gasteiger partial charge on any atom is 0.240 e. The van der Waals surface area contributed by atoms with Gasteiger partial charge in [0.05, 0.1) is 17.5 Å². The second kappa shape index (κ2) is 4.40. The number of fused-ring (bicyclic) bond motifs is 1. The van der Waals surface area contributed by atoms with Crippen molar-refractivity contribution >= 4 is 42.9 Å². The molecule has 2 fully saturated rings. The summed E-state index contributed by atoms with van der Waals surface area (Å²) in [4.78, 5) is 1.59. The van der Waals surface area contributed by atoms with E-state index in [4.69, 9.17) is 12.2 Å². The van der Waals surface area contributed by atoms with Crippen LogP contribution in [-0.2, 0) is 19.9 Å². The van der Waals surface area contributed by atoms with E-state index in [0.717, 1.165) is 0 Å². The van der Waals surface area contributed by atoms with E-state index in [1.807, 2.05) is 6.07 Å². The molecule has 0 amide bonds. The normalized spacial score (nSPS) is 30.6. The van der Waals surface area contributed by atoms with Gasteiger partial charge in [0, 0.05) is 5.69 Å². The minimum Gasteiger partial charge on any atom is -0.313 e. The summed E-state index contributed by atoms with van der Waals surface area (Å²) in [5, 5.41) is -0.964. The number of benzene rings is 1. The van der Waals surface area contributed by atoms with Crippen LogP contribution in [0.15, 0.2) is 30.3 Å². The van der Waals surface area contributed by atoms with Crippen molar-refractivity contribution in [3.63, 3.8) is 0 Å². The second-order valence-corrected chi connectivity index (χ2v) is 9.28. The molecule has 20 heavy (non-hydrogen) atoms. The Bertz CT molecular complexity index is 758. The third-order valence-electron chi connectivity index (χ3n) is 3.49. The van der Waals surface area contributed by atoms with Crippen LogP contribution in [0.3, 0.4) is 0 Å². The van der Waals surface area contributed by atoms with Crippen molar-refractivity contribution in [1.29, 1.82) is 0 Å². The highest BCUT2D eigenvalue weighted by Gasteiger charge is 2.52. The van der Waals surface area contributed by atoms with Crippen molar-refractivity contribution in [2.75, 3.05) is 16.4 Å². The zero-order valence-corrected chi connectivity index (χ0v) is 12.7. The topological polar surface area (TPSA) is 83.5 Å². The van der Waals surface area contributed by atoms with Crippen LogP contribution in [0.5, 0.6) is 0 Å². The Hall–Kier alpha value is -1.19. The summed E-state index contributed by atoms with van der Waals surface area (Å²) in [7, 11) is -7.12. The summed E-state index contributed by atoms with van der Waals surface area (Å²) in [5.41, 5.74) is 0.687. The highest BCUT2D eigenvalue weighted by molar-refractivity contribution is 7.96. The molecule has 0 unspecified atom stereocenters. The Morgan fingerprint density at radius 2 is 1.75 bits per heavy atom. The summed E-state index contributed by atoms with van der Waals surface area (Å²) in [6.45, 7) is 0. The Morgan fingerprint density at radius 3 is 2.40 bits per heavy atom. The van der Waals surface area contributed by atoms with E-state index in [0.29, 0.717) is 5.69 Å². The summed E-state index contributed by atoms with van der Waals surface area (Å²) in [6, 6.07) is 8.28. The van der Waals surface area contributed by atoms with Crippen molar-refractivity contribution in [2.45, 2.75) is 11.3 Å². The van der Waals surface area contributed by atoms with Crippen LogP contribution < -0.4 is 9.62 Å². The SMILES string of the molecule is O=S1(=O)C[C@H]2[C@H](C1)S(=O)(=O)NC(=S)N2c1ccccc1. The summed E-state index contributed by atoms with van der Waals surface area (Å²) < 4.78 is 50.0. The summed E-state index contributed by atoms with van der Waals surface area (Å²) >= 11 is 5.10. The van der Waals surface area contributed by atoms with Crippen LogP contribution in [0, 0.1) is 0 Å². The van der Waals surface area contributed by atoms with Crippen molar-refractivity contribution < 1.29 is 16.8 Å². The first-order valence-corrected chi connectivity index (χ1v) is 9.68. The Labute approximate surface area is 122 Å². The van der Waals surface area contributed by atoms with Crippen molar-refractivity contribution in [2.24, 2.45) is 0 Å². The van der Waals surface area contributed by atoms with E-state index in [1.54, 1.807) is 29.2 Å². The van der Waals surface area contributed by atoms with Gasteiger partial charge in [-0.2, -0.15) is 0 Å². The molecule has 6 nitrogen and oxygen atoms in total. The number of anilines is 1. The van der Waals surface area contributed by atoms with Crippen LogP contribution in [0.2, 0.25) is 0 Å². The molecule has 3 rings (SSSR count). The van der Waals surface area contributed by atoms with Crippen LogP contribution in [0.25, 0.3) is 0 Å². The van der Waals surface area contributed by atoms with Crippen LogP contribution in [-0.4, -0.2) is 44.7 Å². The Morgan fingerprint density at radius 1 is 1.10 bits per heavy atom. The fraction of sp³-hybridized carbons (Fsp3) is 0.364. The average molecular weight is 332 g/mol. The smallest absolute Gasteiger partial charge is 0.240 e. The van der Waals surface area contributed by atoms with Gasteiger partial charge in [0.1, 0.15) is 5.25 Å². The lowest BCUT2D eigenvalue weighted by atomic mass is 10.2. The fourth-order valence-corrected chi connectivity index (χ4v) is 7.56. The molecule has 0 bridgehead atoms.